The average Bonchev–Trinajstić information content (AvgIpc) is 2.37. The van der Waals surface area contributed by atoms with E-state index in [-0.39, 0.29) is 5.52 Å². The lowest BCUT2D eigenvalue weighted by Crippen LogP contribution is -2.07. The first kappa shape index (κ1) is 13.6. The van der Waals surface area contributed by atoms with Crippen LogP contribution in [-0.4, -0.2) is 5.52 Å². The molecule has 0 aromatic heterocycles. The van der Waals surface area contributed by atoms with Gasteiger partial charge in [0.25, 0.3) is 0 Å². The van der Waals surface area contributed by atoms with E-state index in [2.05, 4.69) is 0 Å². The molecule has 0 aliphatic carbocycles. The first-order valence-electron chi connectivity index (χ1n) is 6.15. The summed E-state index contributed by atoms with van der Waals surface area (Å²) in [7, 11) is -2.04. The molecule has 1 unspecified atom stereocenters. The smallest absolute Gasteiger partial charge is 0.234 e. The molecule has 2 rings (SSSR count). The predicted octanol–water partition coefficient (Wildman–Crippen LogP) is 3.90. The SMILES string of the molecule is Cc1cc(C)c(C(=O)[P+](=O)c2ccccc2)c(C)c1. The van der Waals surface area contributed by atoms with Crippen LogP contribution < -0.4 is 5.30 Å². The van der Waals surface area contributed by atoms with Crippen molar-refractivity contribution in [2.24, 2.45) is 0 Å². The second kappa shape index (κ2) is 5.46. The Labute approximate surface area is 114 Å². The zero-order chi connectivity index (χ0) is 14.0. The molecule has 1 atom stereocenters. The minimum Gasteiger partial charge on any atom is -0.234 e. The van der Waals surface area contributed by atoms with Gasteiger partial charge in [0.15, 0.2) is 5.30 Å². The Hall–Kier alpha value is -1.79. The van der Waals surface area contributed by atoms with E-state index >= 15 is 0 Å². The first-order chi connectivity index (χ1) is 9.00. The Balaban J connectivity index is 2.44. The van der Waals surface area contributed by atoms with Crippen molar-refractivity contribution in [1.82, 2.24) is 0 Å². The number of hydrogen-bond donors (Lipinski definition) is 0. The van der Waals surface area contributed by atoms with Gasteiger partial charge in [-0.15, -0.1) is 0 Å². The van der Waals surface area contributed by atoms with Crippen molar-refractivity contribution in [3.05, 3.63) is 64.7 Å². The summed E-state index contributed by atoms with van der Waals surface area (Å²) in [6.45, 7) is 5.77. The van der Waals surface area contributed by atoms with E-state index in [0.717, 1.165) is 16.7 Å². The van der Waals surface area contributed by atoms with Crippen molar-refractivity contribution in [3.63, 3.8) is 0 Å². The molecule has 96 valence electrons. The fourth-order valence-electron chi connectivity index (χ4n) is 2.30. The third kappa shape index (κ3) is 2.80. The lowest BCUT2D eigenvalue weighted by Gasteiger charge is -2.05. The van der Waals surface area contributed by atoms with E-state index < -0.39 is 7.80 Å². The van der Waals surface area contributed by atoms with Crippen molar-refractivity contribution in [2.75, 3.05) is 0 Å². The van der Waals surface area contributed by atoms with Crippen molar-refractivity contribution in [2.45, 2.75) is 20.8 Å². The van der Waals surface area contributed by atoms with Crippen LogP contribution in [0.3, 0.4) is 0 Å². The minimum atomic E-state index is -2.04. The molecule has 0 saturated heterocycles. The third-order valence-corrected chi connectivity index (χ3v) is 4.43. The van der Waals surface area contributed by atoms with Crippen molar-refractivity contribution in [1.29, 1.82) is 0 Å². The Bertz CT molecular complexity index is 622. The summed E-state index contributed by atoms with van der Waals surface area (Å²) in [4.78, 5) is 12.4. The van der Waals surface area contributed by atoms with Gasteiger partial charge in [-0.3, -0.25) is 0 Å². The van der Waals surface area contributed by atoms with Gasteiger partial charge in [-0.2, -0.15) is 0 Å². The van der Waals surface area contributed by atoms with Crippen LogP contribution >= 0.6 is 7.80 Å². The first-order valence-corrected chi connectivity index (χ1v) is 7.41. The Morgan fingerprint density at radius 3 is 2.00 bits per heavy atom. The maximum absolute atomic E-state index is 12.4. The Kier molecular flexibility index (Phi) is 3.92. The van der Waals surface area contributed by atoms with Crippen LogP contribution in [-0.2, 0) is 4.57 Å². The summed E-state index contributed by atoms with van der Waals surface area (Å²) >= 11 is 0. The molecule has 0 heterocycles. The van der Waals surface area contributed by atoms with Crippen LogP contribution in [0.15, 0.2) is 42.5 Å². The second-order valence-electron chi connectivity index (χ2n) is 4.71. The molecule has 2 nitrogen and oxygen atoms in total. The summed E-state index contributed by atoms with van der Waals surface area (Å²) in [6.07, 6.45) is 0. The molecule has 0 saturated carbocycles. The van der Waals surface area contributed by atoms with E-state index in [1.807, 2.05) is 39.0 Å². The quantitative estimate of drug-likeness (QED) is 0.793. The molecule has 19 heavy (non-hydrogen) atoms. The van der Waals surface area contributed by atoms with E-state index in [1.54, 1.807) is 24.3 Å². The lowest BCUT2D eigenvalue weighted by molar-refractivity contribution is 0.107. The molecule has 0 spiro atoms. The topological polar surface area (TPSA) is 34.1 Å². The van der Waals surface area contributed by atoms with Crippen LogP contribution in [0.2, 0.25) is 0 Å². The van der Waals surface area contributed by atoms with Crippen LogP contribution in [0.25, 0.3) is 0 Å². The fourth-order valence-corrected chi connectivity index (χ4v) is 3.53. The van der Waals surface area contributed by atoms with Gasteiger partial charge < -0.3 is 0 Å². The third-order valence-electron chi connectivity index (χ3n) is 3.07. The number of hydrogen-bond acceptors (Lipinski definition) is 2. The van der Waals surface area contributed by atoms with Gasteiger partial charge in [-0.05, 0) is 44.0 Å². The molecule has 0 N–H and O–H groups in total. The predicted molar refractivity (Wildman–Crippen MR) is 78.7 cm³/mol. The number of aryl methyl sites for hydroxylation is 3. The van der Waals surface area contributed by atoms with Gasteiger partial charge in [0.1, 0.15) is 0 Å². The maximum Gasteiger partial charge on any atom is 0.458 e. The van der Waals surface area contributed by atoms with Gasteiger partial charge in [0.2, 0.25) is 0 Å². The summed E-state index contributed by atoms with van der Waals surface area (Å²) in [5.74, 6) is 0. The second-order valence-corrected chi connectivity index (χ2v) is 6.22. The molecule has 2 aromatic carbocycles. The molecular formula is C16H16O2P+. The highest BCUT2D eigenvalue weighted by molar-refractivity contribution is 7.71. The standard InChI is InChI=1S/C16H16O2P/c1-11-9-12(2)15(13(3)10-11)16(17)19(18)14-7-5-4-6-8-14/h4-10H,1-3H3/q+1. The highest BCUT2D eigenvalue weighted by atomic mass is 31.1. The zero-order valence-corrected chi connectivity index (χ0v) is 12.2. The summed E-state index contributed by atoms with van der Waals surface area (Å²) in [6, 6.07) is 12.8. The van der Waals surface area contributed by atoms with E-state index in [1.165, 1.54) is 0 Å². The van der Waals surface area contributed by atoms with Crippen molar-refractivity contribution in [3.8, 4) is 0 Å². The highest BCUT2D eigenvalue weighted by Crippen LogP contribution is 2.30. The Morgan fingerprint density at radius 2 is 1.47 bits per heavy atom. The normalized spacial score (nSPS) is 11.2. The number of carbonyl (C=O) groups is 1. The number of rotatable bonds is 3. The lowest BCUT2D eigenvalue weighted by atomic mass is 10.0. The summed E-state index contributed by atoms with van der Waals surface area (Å²) < 4.78 is 12.3. The molecule has 0 bridgehead atoms. The van der Waals surface area contributed by atoms with Crippen LogP contribution in [0.4, 0.5) is 0 Å². The Morgan fingerprint density at radius 1 is 0.947 bits per heavy atom. The maximum atomic E-state index is 12.4. The monoisotopic (exact) mass is 271 g/mol. The van der Waals surface area contributed by atoms with Crippen LogP contribution in [0.1, 0.15) is 27.0 Å². The molecular weight excluding hydrogens is 255 g/mol. The van der Waals surface area contributed by atoms with Crippen LogP contribution in [0.5, 0.6) is 0 Å². The van der Waals surface area contributed by atoms with Crippen molar-refractivity contribution < 1.29 is 9.36 Å². The highest BCUT2D eigenvalue weighted by Gasteiger charge is 2.34. The van der Waals surface area contributed by atoms with Gasteiger partial charge in [0.05, 0.1) is 5.56 Å². The molecule has 3 heteroatoms. The van der Waals surface area contributed by atoms with E-state index in [9.17, 15) is 9.36 Å². The number of carbonyl (C=O) groups excluding carboxylic acids is 1. The molecule has 2 aromatic rings. The van der Waals surface area contributed by atoms with Crippen LogP contribution in [0, 0.1) is 20.8 Å². The largest absolute Gasteiger partial charge is 0.458 e. The average molecular weight is 271 g/mol. The molecule has 0 aliphatic heterocycles. The summed E-state index contributed by atoms with van der Waals surface area (Å²) in [5, 5.41) is 0.585. The fraction of sp³-hybridized carbons (Fsp3) is 0.188. The minimum absolute atomic E-state index is 0.281. The number of benzene rings is 2. The van der Waals surface area contributed by atoms with Gasteiger partial charge >= 0.3 is 13.3 Å². The zero-order valence-electron chi connectivity index (χ0n) is 11.3. The van der Waals surface area contributed by atoms with Gasteiger partial charge in [-0.1, -0.05) is 40.5 Å². The van der Waals surface area contributed by atoms with E-state index in [4.69, 9.17) is 0 Å². The van der Waals surface area contributed by atoms with Crippen molar-refractivity contribution >= 4 is 18.6 Å². The van der Waals surface area contributed by atoms with Gasteiger partial charge in [-0.25, -0.2) is 4.79 Å². The molecule has 0 radical (unpaired) electrons. The molecule has 0 fully saturated rings. The molecule has 0 aliphatic rings. The molecule has 0 amide bonds. The summed E-state index contributed by atoms with van der Waals surface area (Å²) in [5.41, 5.74) is 3.21. The van der Waals surface area contributed by atoms with E-state index in [0.29, 0.717) is 10.9 Å². The van der Waals surface area contributed by atoms with Gasteiger partial charge in [0, 0.05) is 0 Å².